The van der Waals surface area contributed by atoms with E-state index in [4.69, 9.17) is 9.47 Å². The fourth-order valence-corrected chi connectivity index (χ4v) is 6.18. The molecule has 236 valence electrons. The molecule has 0 N–H and O–H groups in total. The first-order valence-electron chi connectivity index (χ1n) is 14.7. The number of pyridine rings is 1. The van der Waals surface area contributed by atoms with Crippen molar-refractivity contribution in [1.29, 1.82) is 0 Å². The molecule has 1 saturated heterocycles. The minimum Gasteiger partial charge on any atom is -0.482 e. The van der Waals surface area contributed by atoms with Gasteiger partial charge in [0.15, 0.2) is 22.5 Å². The van der Waals surface area contributed by atoms with E-state index in [9.17, 15) is 4.79 Å². The summed E-state index contributed by atoms with van der Waals surface area (Å²) in [5.41, 5.74) is 0.805. The normalized spacial score (nSPS) is 17.0. The summed E-state index contributed by atoms with van der Waals surface area (Å²) in [6, 6.07) is 5.68. The molecule has 1 aromatic carbocycles. The average molecular weight is 638 g/mol. The van der Waals surface area contributed by atoms with Gasteiger partial charge in [0.05, 0.1) is 24.6 Å². The molecule has 45 heavy (non-hydrogen) atoms. The van der Waals surface area contributed by atoms with Gasteiger partial charge < -0.3 is 19.3 Å². The van der Waals surface area contributed by atoms with E-state index < -0.39 is 17.7 Å². The van der Waals surface area contributed by atoms with Crippen LogP contribution in [0.2, 0.25) is 0 Å². The van der Waals surface area contributed by atoms with Crippen LogP contribution in [-0.4, -0.2) is 95.7 Å². The van der Waals surface area contributed by atoms with Crippen LogP contribution < -0.4 is 4.74 Å². The van der Waals surface area contributed by atoms with Crippen LogP contribution in [0, 0.1) is 11.6 Å². The van der Waals surface area contributed by atoms with Gasteiger partial charge in [0, 0.05) is 49.3 Å². The number of ether oxygens (including phenoxy) is 2. The third-order valence-electron chi connectivity index (χ3n) is 7.54. The molecule has 12 nitrogen and oxygen atoms in total. The van der Waals surface area contributed by atoms with Crippen molar-refractivity contribution in [3.63, 3.8) is 0 Å². The van der Waals surface area contributed by atoms with Gasteiger partial charge in [0.25, 0.3) is 0 Å². The van der Waals surface area contributed by atoms with E-state index in [2.05, 4.69) is 42.4 Å². The highest BCUT2D eigenvalue weighted by Gasteiger charge is 2.22. The number of thioether (sulfide) groups is 1. The number of carbonyl (C=O) groups is 1. The largest absolute Gasteiger partial charge is 0.482 e. The maximum Gasteiger partial charge on any atom is 0.409 e. The van der Waals surface area contributed by atoms with Gasteiger partial charge in [-0.15, -0.1) is 10.2 Å². The first-order valence-corrected chi connectivity index (χ1v) is 15.6. The second kappa shape index (κ2) is 14.2. The highest BCUT2D eigenvalue weighted by atomic mass is 32.2. The Kier molecular flexibility index (Phi) is 9.64. The van der Waals surface area contributed by atoms with Gasteiger partial charge in [-0.3, -0.25) is 9.55 Å². The van der Waals surface area contributed by atoms with Crippen LogP contribution in [0.3, 0.4) is 0 Å². The summed E-state index contributed by atoms with van der Waals surface area (Å²) in [6.45, 7) is 2.85. The molecular weight excluding hydrogens is 604 g/mol. The van der Waals surface area contributed by atoms with Gasteiger partial charge in [-0.1, -0.05) is 23.9 Å². The number of hydrogen-bond acceptors (Lipinski definition) is 10. The first kappa shape index (κ1) is 30.6. The minimum absolute atomic E-state index is 0.0458. The molecule has 0 spiro atoms. The highest BCUT2D eigenvalue weighted by molar-refractivity contribution is 7.99. The second-order valence-corrected chi connectivity index (χ2v) is 11.9. The summed E-state index contributed by atoms with van der Waals surface area (Å²) >= 11 is 1.59. The number of hydrogen-bond donors (Lipinski definition) is 0. The molecule has 2 aliphatic rings. The summed E-state index contributed by atoms with van der Waals surface area (Å²) in [6.07, 6.45) is 11.8. The lowest BCUT2D eigenvalue weighted by Gasteiger charge is -2.31. The number of nitrogens with zero attached hydrogens (tertiary/aromatic N) is 9. The van der Waals surface area contributed by atoms with Crippen molar-refractivity contribution in [2.45, 2.75) is 42.8 Å². The molecule has 0 unspecified atom stereocenters. The molecular formula is C30H33F2N9O3S. The lowest BCUT2D eigenvalue weighted by atomic mass is 10.1. The van der Waals surface area contributed by atoms with E-state index in [-0.39, 0.29) is 42.0 Å². The van der Waals surface area contributed by atoms with Crippen molar-refractivity contribution in [3.8, 4) is 22.7 Å². The van der Waals surface area contributed by atoms with Crippen molar-refractivity contribution in [2.75, 3.05) is 39.8 Å². The van der Waals surface area contributed by atoms with E-state index in [0.717, 1.165) is 50.2 Å². The Balaban J connectivity index is 1.10. The third-order valence-corrected chi connectivity index (χ3v) is 8.71. The smallest absolute Gasteiger partial charge is 0.409 e. The van der Waals surface area contributed by atoms with Crippen molar-refractivity contribution in [1.82, 2.24) is 44.5 Å². The number of rotatable bonds is 10. The Morgan fingerprint density at radius 1 is 1.11 bits per heavy atom. The molecule has 15 heteroatoms. The third kappa shape index (κ3) is 7.48. The molecule has 3 aromatic heterocycles. The predicted octanol–water partition coefficient (Wildman–Crippen LogP) is 4.36. The Bertz CT molecular complexity index is 1640. The van der Waals surface area contributed by atoms with E-state index >= 15 is 8.78 Å². The van der Waals surface area contributed by atoms with Gasteiger partial charge in [-0.25, -0.2) is 13.6 Å². The van der Waals surface area contributed by atoms with Crippen molar-refractivity contribution >= 4 is 17.9 Å². The molecule has 1 aliphatic carbocycles. The summed E-state index contributed by atoms with van der Waals surface area (Å²) in [7, 11) is 2.00. The maximum absolute atomic E-state index is 15.2. The number of carbonyl (C=O) groups excluding carboxylic acids is 1. The quantitative estimate of drug-likeness (QED) is 0.232. The number of piperazine rings is 1. The number of halogens is 2. The lowest BCUT2D eigenvalue weighted by molar-refractivity contribution is 0.0779. The number of allylic oxidation sites excluding steroid dienone is 1. The Morgan fingerprint density at radius 2 is 1.98 bits per heavy atom. The van der Waals surface area contributed by atoms with Crippen LogP contribution in [0.25, 0.3) is 16.9 Å². The summed E-state index contributed by atoms with van der Waals surface area (Å²) in [5.74, 6) is -1.35. The Labute approximate surface area is 263 Å². The Hall–Kier alpha value is -4.37. The van der Waals surface area contributed by atoms with E-state index in [1.807, 2.05) is 17.7 Å². The summed E-state index contributed by atoms with van der Waals surface area (Å²) in [5, 5.41) is 17.9. The molecule has 1 atom stereocenters. The summed E-state index contributed by atoms with van der Waals surface area (Å²) < 4.78 is 43.2. The van der Waals surface area contributed by atoms with Gasteiger partial charge in [-0.2, -0.15) is 15.0 Å². The zero-order chi connectivity index (χ0) is 31.2. The van der Waals surface area contributed by atoms with E-state index in [0.29, 0.717) is 24.1 Å². The number of amides is 1. The second-order valence-electron chi connectivity index (χ2n) is 10.7. The van der Waals surface area contributed by atoms with Crippen LogP contribution in [0.15, 0.2) is 60.2 Å². The molecule has 1 fully saturated rings. The fraction of sp³-hybridized carbons (Fsp3) is 0.400. The molecule has 1 aliphatic heterocycles. The standard InChI is InChI=1S/C30H33F2N9O3S/c1-38-10-12-39(13-11-38)30(42)43-15-14-40-34-19-26(37-40)23-16-25(32)27(17-24(23)31)44-20-28-35-36-29(45-22-7-3-2-4-8-22)41(28)21-6-5-9-33-18-21/h3,5-7,9,16-19,22H,2,4,8,10-15,20H2,1H3/t22-/m0/s1. The molecule has 6 rings (SSSR count). The molecule has 4 aromatic rings. The molecule has 4 heterocycles. The van der Waals surface area contributed by atoms with Crippen LogP contribution in [-0.2, 0) is 17.9 Å². The first-order chi connectivity index (χ1) is 21.9. The van der Waals surface area contributed by atoms with E-state index in [1.54, 1.807) is 35.1 Å². The average Bonchev–Trinajstić information content (AvgIpc) is 3.69. The van der Waals surface area contributed by atoms with Crippen LogP contribution in [0.5, 0.6) is 5.75 Å². The minimum atomic E-state index is -0.767. The monoisotopic (exact) mass is 637 g/mol. The van der Waals surface area contributed by atoms with Crippen molar-refractivity contribution in [2.24, 2.45) is 0 Å². The molecule has 0 radical (unpaired) electrons. The van der Waals surface area contributed by atoms with Crippen LogP contribution >= 0.6 is 11.8 Å². The van der Waals surface area contributed by atoms with Gasteiger partial charge >= 0.3 is 6.09 Å². The topological polar surface area (TPSA) is 116 Å². The fourth-order valence-electron chi connectivity index (χ4n) is 5.03. The molecule has 0 saturated carbocycles. The number of likely N-dealkylation sites (N-methyl/N-ethyl adjacent to an activating group) is 1. The van der Waals surface area contributed by atoms with Gasteiger partial charge in [0.1, 0.15) is 24.7 Å². The zero-order valence-electron chi connectivity index (χ0n) is 24.8. The lowest BCUT2D eigenvalue weighted by Crippen LogP contribution is -2.47. The molecule has 1 amide bonds. The molecule has 0 bridgehead atoms. The van der Waals surface area contributed by atoms with E-state index in [1.165, 1.54) is 11.0 Å². The van der Waals surface area contributed by atoms with Gasteiger partial charge in [0.2, 0.25) is 0 Å². The number of benzene rings is 1. The summed E-state index contributed by atoms with van der Waals surface area (Å²) in [4.78, 5) is 21.6. The number of aromatic nitrogens is 7. The van der Waals surface area contributed by atoms with Gasteiger partial charge in [-0.05, 0) is 44.5 Å². The SMILES string of the molecule is CN1CCN(C(=O)OCCn2ncc(-c3cc(F)c(OCc4nnc(S[C@H]5C=CCCC5)n4-c4cccnc4)cc3F)n2)CC1. The Morgan fingerprint density at radius 3 is 2.76 bits per heavy atom. The van der Waals surface area contributed by atoms with Crippen molar-refractivity contribution < 1.29 is 23.0 Å². The maximum atomic E-state index is 15.2. The van der Waals surface area contributed by atoms with Crippen LogP contribution in [0.1, 0.15) is 25.1 Å². The zero-order valence-corrected chi connectivity index (χ0v) is 25.6. The van der Waals surface area contributed by atoms with Crippen molar-refractivity contribution in [3.05, 3.63) is 72.5 Å². The predicted molar refractivity (Wildman–Crippen MR) is 162 cm³/mol. The van der Waals surface area contributed by atoms with Crippen LogP contribution in [0.4, 0.5) is 13.6 Å². The highest BCUT2D eigenvalue weighted by Crippen LogP contribution is 2.32.